The van der Waals surface area contributed by atoms with Crippen LogP contribution in [-0.4, -0.2) is 14.5 Å². The summed E-state index contributed by atoms with van der Waals surface area (Å²) in [4.78, 5) is 19.2. The van der Waals surface area contributed by atoms with Crippen LogP contribution in [0.2, 0.25) is 0 Å². The molecule has 0 aromatic carbocycles. The number of nitrogens with zero attached hydrogens (tertiary/aromatic N) is 3. The highest BCUT2D eigenvalue weighted by Crippen LogP contribution is 2.41. The molecular weight excluding hydrogens is 276 g/mol. The Morgan fingerprint density at radius 3 is 2.59 bits per heavy atom. The number of H-pyrrole nitrogens is 1. The molecule has 0 radical (unpaired) electrons. The van der Waals surface area contributed by atoms with Crippen LogP contribution >= 0.6 is 0 Å². The van der Waals surface area contributed by atoms with Crippen molar-refractivity contribution in [3.63, 3.8) is 0 Å². The molecule has 1 saturated carbocycles. The van der Waals surface area contributed by atoms with E-state index in [0.717, 1.165) is 31.2 Å². The van der Waals surface area contributed by atoms with Crippen molar-refractivity contribution in [1.82, 2.24) is 14.5 Å². The first-order valence-electron chi connectivity index (χ1n) is 7.90. The Hall–Kier alpha value is -2.09. The molecule has 2 aromatic heterocycles. The fraction of sp³-hybridized carbons (Fsp3) is 0.588. The summed E-state index contributed by atoms with van der Waals surface area (Å²) in [5.74, 6) is 0.709. The van der Waals surface area contributed by atoms with Crippen molar-refractivity contribution < 1.29 is 0 Å². The highest BCUT2D eigenvalue weighted by atomic mass is 16.1. The molecule has 0 atom stereocenters. The van der Waals surface area contributed by atoms with Crippen molar-refractivity contribution >= 4 is 11.0 Å². The quantitative estimate of drug-likeness (QED) is 0.877. The molecule has 2 aromatic rings. The molecule has 1 aliphatic rings. The third kappa shape index (κ3) is 2.54. The van der Waals surface area contributed by atoms with E-state index >= 15 is 0 Å². The molecule has 2 heterocycles. The summed E-state index contributed by atoms with van der Waals surface area (Å²) in [6.45, 7) is 6.88. The number of nitriles is 1. The highest BCUT2D eigenvalue weighted by molar-refractivity contribution is 5.75. The fourth-order valence-corrected chi connectivity index (χ4v) is 3.65. The van der Waals surface area contributed by atoms with Crippen LogP contribution in [0.4, 0.5) is 0 Å². The Bertz CT molecular complexity index is 780. The first-order chi connectivity index (χ1) is 10.4. The number of nitrogens with one attached hydrogen (secondary N) is 1. The lowest BCUT2D eigenvalue weighted by Crippen LogP contribution is -2.30. The Balaban J connectivity index is 1.93. The molecule has 1 N–H and O–H groups in total. The average molecular weight is 298 g/mol. The van der Waals surface area contributed by atoms with Gasteiger partial charge in [-0.2, -0.15) is 5.26 Å². The molecule has 3 rings (SSSR count). The number of imidazole rings is 1. The van der Waals surface area contributed by atoms with Crippen LogP contribution in [0.15, 0.2) is 17.1 Å². The summed E-state index contributed by atoms with van der Waals surface area (Å²) in [6, 6.07) is 3.97. The molecule has 0 saturated heterocycles. The number of fused-ring (bicyclic) bond motifs is 1. The second-order valence-corrected chi connectivity index (χ2v) is 7.37. The second-order valence-electron chi connectivity index (χ2n) is 7.37. The van der Waals surface area contributed by atoms with Gasteiger partial charge in [-0.3, -0.25) is 4.57 Å². The van der Waals surface area contributed by atoms with Crippen LogP contribution in [0, 0.1) is 22.7 Å². The first kappa shape index (κ1) is 14.8. The largest absolute Gasteiger partial charge is 0.326 e. The van der Waals surface area contributed by atoms with Gasteiger partial charge in [0.2, 0.25) is 0 Å². The Morgan fingerprint density at radius 1 is 1.32 bits per heavy atom. The number of aromatic amines is 1. The third-order valence-electron chi connectivity index (χ3n) is 5.00. The minimum absolute atomic E-state index is 0.0916. The van der Waals surface area contributed by atoms with Crippen LogP contribution in [0.3, 0.4) is 0 Å². The Labute approximate surface area is 130 Å². The van der Waals surface area contributed by atoms with Gasteiger partial charge in [0, 0.05) is 12.1 Å². The molecule has 5 heteroatoms. The summed E-state index contributed by atoms with van der Waals surface area (Å²) >= 11 is 0. The van der Waals surface area contributed by atoms with Crippen molar-refractivity contribution in [2.75, 3.05) is 0 Å². The van der Waals surface area contributed by atoms with Crippen molar-refractivity contribution in [2.24, 2.45) is 11.3 Å². The normalized spacial score (nSPS) is 22.6. The third-order valence-corrected chi connectivity index (χ3v) is 5.00. The summed E-state index contributed by atoms with van der Waals surface area (Å²) in [7, 11) is 0. The number of rotatable bonds is 1. The number of hydrogen-bond donors (Lipinski definition) is 1. The molecule has 0 amide bonds. The van der Waals surface area contributed by atoms with Crippen LogP contribution in [0.1, 0.15) is 58.2 Å². The van der Waals surface area contributed by atoms with E-state index in [0.29, 0.717) is 22.5 Å². The molecule has 1 aliphatic carbocycles. The van der Waals surface area contributed by atoms with E-state index in [1.807, 2.05) is 10.6 Å². The van der Waals surface area contributed by atoms with Gasteiger partial charge in [0.05, 0.1) is 17.2 Å². The van der Waals surface area contributed by atoms with Crippen molar-refractivity contribution in [3.8, 4) is 6.07 Å². The van der Waals surface area contributed by atoms with E-state index in [9.17, 15) is 4.79 Å². The maximum atomic E-state index is 12.3. The van der Waals surface area contributed by atoms with E-state index in [2.05, 4.69) is 30.7 Å². The summed E-state index contributed by atoms with van der Waals surface area (Å²) < 4.78 is 1.83. The lowest BCUT2D eigenvalue weighted by Gasteiger charge is -2.37. The highest BCUT2D eigenvalue weighted by Gasteiger charge is 2.31. The zero-order valence-electron chi connectivity index (χ0n) is 13.4. The molecular formula is C17H22N4O. The smallest absolute Gasteiger partial charge is 0.304 e. The van der Waals surface area contributed by atoms with Gasteiger partial charge in [0.25, 0.3) is 0 Å². The second kappa shape index (κ2) is 5.28. The Kier molecular flexibility index (Phi) is 3.56. The predicted molar refractivity (Wildman–Crippen MR) is 85.5 cm³/mol. The average Bonchev–Trinajstić information content (AvgIpc) is 2.81. The number of aromatic nitrogens is 3. The van der Waals surface area contributed by atoms with Gasteiger partial charge in [-0.05, 0) is 37.0 Å². The van der Waals surface area contributed by atoms with Crippen molar-refractivity contribution in [1.29, 1.82) is 5.26 Å². The zero-order chi connectivity index (χ0) is 15.9. The van der Waals surface area contributed by atoms with Gasteiger partial charge >= 0.3 is 5.69 Å². The zero-order valence-corrected chi connectivity index (χ0v) is 13.4. The van der Waals surface area contributed by atoms with Gasteiger partial charge in [-0.15, -0.1) is 0 Å². The van der Waals surface area contributed by atoms with Crippen LogP contribution in [-0.2, 0) is 0 Å². The maximum absolute atomic E-state index is 12.3. The van der Waals surface area contributed by atoms with E-state index in [1.54, 1.807) is 12.3 Å². The first-order valence-corrected chi connectivity index (χ1v) is 7.90. The molecule has 0 spiro atoms. The van der Waals surface area contributed by atoms with Crippen molar-refractivity contribution in [2.45, 2.75) is 52.5 Å². The maximum Gasteiger partial charge on any atom is 0.326 e. The van der Waals surface area contributed by atoms with E-state index in [4.69, 9.17) is 5.26 Å². The lowest BCUT2D eigenvalue weighted by atomic mass is 9.71. The fourth-order valence-electron chi connectivity index (χ4n) is 3.65. The van der Waals surface area contributed by atoms with Gasteiger partial charge in [-0.1, -0.05) is 20.8 Å². The van der Waals surface area contributed by atoms with E-state index < -0.39 is 0 Å². The minimum Gasteiger partial charge on any atom is -0.304 e. The number of pyridine rings is 1. The van der Waals surface area contributed by atoms with Gasteiger partial charge in [0.15, 0.2) is 0 Å². The SMILES string of the molecule is CC(C)(C)C1CCC(n2c(=O)[nH]c3cnc(C#N)cc32)CC1. The molecule has 22 heavy (non-hydrogen) atoms. The Morgan fingerprint density at radius 2 is 2.00 bits per heavy atom. The molecule has 0 bridgehead atoms. The van der Waals surface area contributed by atoms with Crippen molar-refractivity contribution in [3.05, 3.63) is 28.4 Å². The molecule has 0 unspecified atom stereocenters. The van der Waals surface area contributed by atoms with Gasteiger partial charge < -0.3 is 4.98 Å². The molecule has 5 nitrogen and oxygen atoms in total. The molecule has 0 aliphatic heterocycles. The monoisotopic (exact) mass is 298 g/mol. The topological polar surface area (TPSA) is 74.5 Å². The summed E-state index contributed by atoms with van der Waals surface area (Å²) in [6.07, 6.45) is 5.89. The lowest BCUT2D eigenvalue weighted by molar-refractivity contribution is 0.152. The summed E-state index contributed by atoms with van der Waals surface area (Å²) in [5, 5.41) is 9.02. The van der Waals surface area contributed by atoms with Crippen LogP contribution in [0.5, 0.6) is 0 Å². The number of hydrogen-bond acceptors (Lipinski definition) is 3. The molecule has 116 valence electrons. The predicted octanol–water partition coefficient (Wildman–Crippen LogP) is 3.37. The summed E-state index contributed by atoms with van der Waals surface area (Å²) in [5.41, 5.74) is 2.10. The van der Waals surface area contributed by atoms with Gasteiger partial charge in [0.1, 0.15) is 11.8 Å². The minimum atomic E-state index is -0.0916. The van der Waals surface area contributed by atoms with Crippen LogP contribution in [0.25, 0.3) is 11.0 Å². The molecule has 1 fully saturated rings. The van der Waals surface area contributed by atoms with Gasteiger partial charge in [-0.25, -0.2) is 9.78 Å². The van der Waals surface area contributed by atoms with Crippen LogP contribution < -0.4 is 5.69 Å². The standard InChI is InChI=1S/C17H22N4O/c1-17(2,3)11-4-6-13(7-5-11)21-15-8-12(9-18)19-10-14(15)20-16(21)22/h8,10-11,13H,4-7H2,1-3H3,(H,20,22). The van der Waals surface area contributed by atoms with E-state index in [1.165, 1.54) is 0 Å². The van der Waals surface area contributed by atoms with E-state index in [-0.39, 0.29) is 11.7 Å².